The molecule has 0 radical (unpaired) electrons. The van der Waals surface area contributed by atoms with Crippen LogP contribution in [0.5, 0.6) is 11.5 Å². The fraction of sp³-hybridized carbons (Fsp3) is 0.400. The largest absolute Gasteiger partial charge is 0.493 e. The van der Waals surface area contributed by atoms with Gasteiger partial charge in [0.25, 0.3) is 0 Å². The van der Waals surface area contributed by atoms with E-state index in [4.69, 9.17) is 79.1 Å². The Kier molecular flexibility index (Phi) is 7.33. The highest BCUT2D eigenvalue weighted by Crippen LogP contribution is 2.40. The summed E-state index contributed by atoms with van der Waals surface area (Å²) in [5.74, 6) is 1.36. The van der Waals surface area contributed by atoms with Gasteiger partial charge in [0.15, 0.2) is 23.1 Å². The molecule has 1 aromatic carbocycles. The van der Waals surface area contributed by atoms with Crippen LogP contribution in [-0.4, -0.2) is 29.2 Å². The number of nitrogens with zero attached hydrogens (tertiary/aromatic N) is 3. The van der Waals surface area contributed by atoms with Crippen LogP contribution >= 0.6 is 69.6 Å². The van der Waals surface area contributed by atoms with Crippen LogP contribution in [0.4, 0.5) is 0 Å². The van der Waals surface area contributed by atoms with Gasteiger partial charge in [-0.25, -0.2) is 15.0 Å². The summed E-state index contributed by atoms with van der Waals surface area (Å²) >= 11 is 35.2. The quantitative estimate of drug-likeness (QED) is 0.543. The monoisotopic (exact) mass is 477 g/mol. The molecule has 0 aliphatic rings. The number of methoxy groups -OCH3 is 2. The molecule has 0 atom stereocenters. The lowest BCUT2D eigenvalue weighted by molar-refractivity contribution is 0.354. The minimum absolute atomic E-state index is 0.110. The van der Waals surface area contributed by atoms with E-state index in [1.54, 1.807) is 20.3 Å². The van der Waals surface area contributed by atoms with Crippen LogP contribution in [-0.2, 0) is 20.4 Å². The van der Waals surface area contributed by atoms with Gasteiger partial charge in [0.2, 0.25) is 7.59 Å². The zero-order chi connectivity index (χ0) is 19.5. The first-order valence-corrected chi connectivity index (χ1v) is 9.41. The van der Waals surface area contributed by atoms with Crippen LogP contribution in [0.1, 0.15) is 23.0 Å². The Morgan fingerprint density at radius 3 is 1.77 bits per heavy atom. The lowest BCUT2D eigenvalue weighted by atomic mass is 10.1. The maximum absolute atomic E-state index is 5.86. The van der Waals surface area contributed by atoms with E-state index in [-0.39, 0.29) is 11.6 Å². The van der Waals surface area contributed by atoms with Crippen molar-refractivity contribution in [2.75, 3.05) is 14.2 Å². The molecule has 26 heavy (non-hydrogen) atoms. The van der Waals surface area contributed by atoms with Gasteiger partial charge in [-0.15, -0.1) is 0 Å². The highest BCUT2D eigenvalue weighted by Gasteiger charge is 2.33. The second-order valence-corrected chi connectivity index (χ2v) is 9.65. The first kappa shape index (κ1) is 21.9. The smallest absolute Gasteiger partial charge is 0.250 e. The molecule has 0 unspecified atom stereocenters. The van der Waals surface area contributed by atoms with E-state index in [1.165, 1.54) is 0 Å². The lowest BCUT2D eigenvalue weighted by Crippen LogP contribution is -2.18. The van der Waals surface area contributed by atoms with Gasteiger partial charge in [-0.3, -0.25) is 0 Å². The predicted octanol–water partition coefficient (Wildman–Crippen LogP) is 5.33. The zero-order valence-electron chi connectivity index (χ0n) is 13.6. The molecule has 11 heteroatoms. The Hall–Kier alpha value is -0.430. The molecule has 5 nitrogen and oxygen atoms in total. The summed E-state index contributed by atoms with van der Waals surface area (Å²) in [5, 5.41) is 0. The molecule has 0 spiro atoms. The zero-order valence-corrected chi connectivity index (χ0v) is 18.1. The average molecular weight is 480 g/mol. The molecule has 0 N–H and O–H groups in total. The molecule has 0 bridgehead atoms. The van der Waals surface area contributed by atoms with Crippen LogP contribution < -0.4 is 9.47 Å². The van der Waals surface area contributed by atoms with Gasteiger partial charge in [0.05, 0.1) is 14.2 Å². The van der Waals surface area contributed by atoms with E-state index in [2.05, 4.69) is 15.0 Å². The van der Waals surface area contributed by atoms with Crippen molar-refractivity contribution in [3.8, 4) is 11.5 Å². The van der Waals surface area contributed by atoms with Crippen LogP contribution in [0.25, 0.3) is 0 Å². The first-order valence-electron chi connectivity index (χ1n) is 7.15. The van der Waals surface area contributed by atoms with Crippen LogP contribution in [0.3, 0.4) is 0 Å². The molecule has 142 valence electrons. The van der Waals surface area contributed by atoms with Crippen molar-refractivity contribution in [2.45, 2.75) is 20.4 Å². The third-order valence-electron chi connectivity index (χ3n) is 3.27. The van der Waals surface area contributed by atoms with E-state index >= 15 is 0 Å². The van der Waals surface area contributed by atoms with Gasteiger partial charge in [-0.2, -0.15) is 0 Å². The number of aryl methyl sites for hydroxylation is 2. The van der Waals surface area contributed by atoms with Gasteiger partial charge in [-0.1, -0.05) is 75.7 Å². The van der Waals surface area contributed by atoms with Crippen molar-refractivity contribution >= 4 is 69.6 Å². The topological polar surface area (TPSA) is 57.1 Å². The van der Waals surface area contributed by atoms with Gasteiger partial charge >= 0.3 is 0 Å². The van der Waals surface area contributed by atoms with Crippen molar-refractivity contribution in [2.24, 2.45) is 0 Å². The summed E-state index contributed by atoms with van der Waals surface area (Å²) in [5.41, 5.74) is 0.967. The van der Waals surface area contributed by atoms with E-state index in [9.17, 15) is 0 Å². The van der Waals surface area contributed by atoms with Crippen LogP contribution in [0, 0.1) is 0 Å². The number of alkyl halides is 6. The SMILES string of the molecule is COc1ccc(CCc2nc(C(Cl)(Cl)Cl)nc(C(Cl)(Cl)Cl)n2)cc1OC. The highest BCUT2D eigenvalue weighted by molar-refractivity contribution is 6.67. The highest BCUT2D eigenvalue weighted by atomic mass is 35.6. The first-order chi connectivity index (χ1) is 12.0. The second kappa shape index (κ2) is 8.72. The summed E-state index contributed by atoms with van der Waals surface area (Å²) in [7, 11) is 3.13. The number of benzene rings is 1. The summed E-state index contributed by atoms with van der Waals surface area (Å²) in [4.78, 5) is 12.2. The normalized spacial score (nSPS) is 12.2. The number of hydrogen-bond acceptors (Lipinski definition) is 5. The molecule has 1 heterocycles. The molecule has 1 aromatic heterocycles. The lowest BCUT2D eigenvalue weighted by Gasteiger charge is -2.15. The Morgan fingerprint density at radius 1 is 0.769 bits per heavy atom. The predicted molar refractivity (Wildman–Crippen MR) is 105 cm³/mol. The Bertz CT molecular complexity index is 745. The molecule has 0 saturated heterocycles. The molecular formula is C15H13Cl6N3O2. The summed E-state index contributed by atoms with van der Waals surface area (Å²) < 4.78 is 6.76. The van der Waals surface area contributed by atoms with Crippen LogP contribution in [0.15, 0.2) is 18.2 Å². The summed E-state index contributed by atoms with van der Waals surface area (Å²) in [6.07, 6.45) is 0.975. The molecule has 0 saturated carbocycles. The number of aromatic nitrogens is 3. The second-order valence-electron chi connectivity index (χ2n) is 5.08. The third-order valence-corrected chi connectivity index (χ3v) is 4.29. The van der Waals surface area contributed by atoms with Crippen molar-refractivity contribution in [3.63, 3.8) is 0 Å². The van der Waals surface area contributed by atoms with E-state index in [0.717, 1.165) is 5.56 Å². The Morgan fingerprint density at radius 2 is 1.31 bits per heavy atom. The van der Waals surface area contributed by atoms with Crippen LogP contribution in [0.2, 0.25) is 0 Å². The standard InChI is InChI=1S/C15H13Cl6N3O2/c1-25-9-5-3-8(7-10(9)26-2)4-6-11-22-12(14(16,17)18)24-13(23-11)15(19,20)21/h3,5,7H,4,6H2,1-2H3. The Labute approximate surface area is 180 Å². The number of halogens is 6. The molecule has 0 amide bonds. The van der Waals surface area contributed by atoms with Gasteiger partial charge < -0.3 is 9.47 Å². The number of hydrogen-bond donors (Lipinski definition) is 0. The van der Waals surface area contributed by atoms with Crippen molar-refractivity contribution < 1.29 is 9.47 Å². The molecule has 2 rings (SSSR count). The summed E-state index contributed by atoms with van der Waals surface area (Å²) in [6.45, 7) is 0. The van der Waals surface area contributed by atoms with Crippen molar-refractivity contribution in [3.05, 3.63) is 41.2 Å². The summed E-state index contributed by atoms with van der Waals surface area (Å²) in [6, 6.07) is 5.56. The maximum atomic E-state index is 5.86. The van der Waals surface area contributed by atoms with Crippen molar-refractivity contribution in [1.29, 1.82) is 0 Å². The van der Waals surface area contributed by atoms with Gasteiger partial charge in [0.1, 0.15) is 5.82 Å². The number of rotatable bonds is 5. The van der Waals surface area contributed by atoms with Gasteiger partial charge in [-0.05, 0) is 24.1 Å². The fourth-order valence-electron chi connectivity index (χ4n) is 2.08. The molecule has 0 fully saturated rings. The Balaban J connectivity index is 2.29. The minimum atomic E-state index is -1.87. The van der Waals surface area contributed by atoms with E-state index in [0.29, 0.717) is 30.2 Å². The fourth-order valence-corrected chi connectivity index (χ4v) is 2.58. The minimum Gasteiger partial charge on any atom is -0.493 e. The van der Waals surface area contributed by atoms with Crippen molar-refractivity contribution in [1.82, 2.24) is 15.0 Å². The number of ether oxygens (including phenoxy) is 2. The van der Waals surface area contributed by atoms with E-state index in [1.807, 2.05) is 12.1 Å². The molecule has 0 aliphatic carbocycles. The average Bonchev–Trinajstić information content (AvgIpc) is 2.57. The molecular weight excluding hydrogens is 467 g/mol. The molecule has 2 aromatic rings. The van der Waals surface area contributed by atoms with E-state index < -0.39 is 7.59 Å². The molecule has 0 aliphatic heterocycles. The third kappa shape index (κ3) is 5.78. The maximum Gasteiger partial charge on any atom is 0.250 e. The van der Waals surface area contributed by atoms with Gasteiger partial charge in [0, 0.05) is 6.42 Å².